The van der Waals surface area contributed by atoms with Crippen LogP contribution in [0.25, 0.3) is 0 Å². The Balaban J connectivity index is 0.00000240. The first-order chi connectivity index (χ1) is 13.6. The number of pyridine rings is 1. The topological polar surface area (TPSA) is 52.3 Å². The van der Waals surface area contributed by atoms with Crippen LogP contribution < -0.4 is 0 Å². The van der Waals surface area contributed by atoms with Crippen molar-refractivity contribution in [2.45, 2.75) is 59.0 Å². The lowest BCUT2D eigenvalue weighted by Crippen LogP contribution is -2.25. The molecule has 4 nitrogen and oxygen atoms in total. The highest BCUT2D eigenvalue weighted by Gasteiger charge is 2.63. The van der Waals surface area contributed by atoms with E-state index in [9.17, 15) is 0 Å². The molecule has 0 amide bonds. The van der Waals surface area contributed by atoms with Crippen molar-refractivity contribution >= 4 is 12.6 Å². The van der Waals surface area contributed by atoms with Crippen molar-refractivity contribution in [1.29, 1.82) is 5.41 Å². The van der Waals surface area contributed by atoms with Gasteiger partial charge in [-0.15, -0.1) is 0 Å². The number of hydrogen-bond acceptors (Lipinski definition) is 4. The van der Waals surface area contributed by atoms with E-state index >= 15 is 0 Å². The van der Waals surface area contributed by atoms with E-state index in [1.807, 2.05) is 43.7 Å². The fourth-order valence-electron chi connectivity index (χ4n) is 4.54. The standard InChI is InChI=1S/C24H28N4.CH4/c1-4-8-18(15-25)21(5-2)19-11-17(3)12-20(13-19)28-16-27-24(14-23(24)28)22-9-6-7-10-26-22;/h4,6-10,12-13,15-17,23,25H,5,11,14H2,1-3H3;1H4/b8-4-,21-18-,25-15?;. The van der Waals surface area contributed by atoms with Crippen LogP contribution in [0.15, 0.2) is 76.1 Å². The number of aromatic nitrogens is 1. The lowest BCUT2D eigenvalue weighted by molar-refractivity contribution is 0.500. The number of fused-ring (bicyclic) bond motifs is 1. The maximum Gasteiger partial charge on any atom is 0.127 e. The molecular formula is C25H32N4. The number of aliphatic imine (C=N–C) groups is 1. The molecule has 0 radical (unpaired) electrons. The van der Waals surface area contributed by atoms with Crippen molar-refractivity contribution in [1.82, 2.24) is 9.88 Å². The molecule has 2 aliphatic carbocycles. The van der Waals surface area contributed by atoms with Gasteiger partial charge in [-0.2, -0.15) is 0 Å². The van der Waals surface area contributed by atoms with Gasteiger partial charge in [0.1, 0.15) is 5.54 Å². The summed E-state index contributed by atoms with van der Waals surface area (Å²) < 4.78 is 0. The molecule has 3 atom stereocenters. The van der Waals surface area contributed by atoms with Crippen molar-refractivity contribution in [3.63, 3.8) is 0 Å². The quantitative estimate of drug-likeness (QED) is 0.494. The van der Waals surface area contributed by atoms with Gasteiger partial charge in [0, 0.05) is 24.5 Å². The molecule has 1 fully saturated rings. The van der Waals surface area contributed by atoms with Gasteiger partial charge >= 0.3 is 0 Å². The molecule has 0 saturated heterocycles. The Morgan fingerprint density at radius 1 is 1.38 bits per heavy atom. The second-order valence-corrected chi connectivity index (χ2v) is 7.89. The predicted molar refractivity (Wildman–Crippen MR) is 122 cm³/mol. The smallest absolute Gasteiger partial charge is 0.127 e. The molecule has 1 saturated carbocycles. The molecule has 1 N–H and O–H groups in total. The van der Waals surface area contributed by atoms with Crippen LogP contribution in [-0.4, -0.2) is 28.5 Å². The zero-order chi connectivity index (χ0) is 19.7. The van der Waals surface area contributed by atoms with E-state index in [2.05, 4.69) is 41.9 Å². The number of allylic oxidation sites excluding steroid dienone is 7. The molecule has 2 heterocycles. The molecule has 152 valence electrons. The summed E-state index contributed by atoms with van der Waals surface area (Å²) in [5.74, 6) is 0.464. The van der Waals surface area contributed by atoms with Gasteiger partial charge in [0.05, 0.1) is 18.1 Å². The van der Waals surface area contributed by atoms with E-state index in [4.69, 9.17) is 10.4 Å². The second-order valence-electron chi connectivity index (χ2n) is 7.89. The van der Waals surface area contributed by atoms with Crippen molar-refractivity contribution in [3.8, 4) is 0 Å². The first-order valence-electron chi connectivity index (χ1n) is 10.2. The highest BCUT2D eigenvalue weighted by molar-refractivity contribution is 5.82. The zero-order valence-corrected chi connectivity index (χ0v) is 16.9. The third-order valence-electron chi connectivity index (χ3n) is 5.96. The molecule has 4 rings (SSSR count). The molecule has 0 spiro atoms. The van der Waals surface area contributed by atoms with Crippen LogP contribution in [0.2, 0.25) is 0 Å². The van der Waals surface area contributed by atoms with Crippen molar-refractivity contribution in [2.75, 3.05) is 0 Å². The first kappa shape index (κ1) is 21.0. The summed E-state index contributed by atoms with van der Waals surface area (Å²) in [5, 5.41) is 7.83. The van der Waals surface area contributed by atoms with Crippen molar-refractivity contribution in [3.05, 3.63) is 76.8 Å². The highest BCUT2D eigenvalue weighted by atomic mass is 15.3. The fourth-order valence-corrected chi connectivity index (χ4v) is 4.54. The monoisotopic (exact) mass is 388 g/mol. The molecule has 4 heteroatoms. The predicted octanol–water partition coefficient (Wildman–Crippen LogP) is 5.81. The summed E-state index contributed by atoms with van der Waals surface area (Å²) >= 11 is 0. The Morgan fingerprint density at radius 3 is 2.83 bits per heavy atom. The normalized spacial score (nSPS) is 28.3. The summed E-state index contributed by atoms with van der Waals surface area (Å²) in [5.41, 5.74) is 5.76. The molecule has 1 aromatic rings. The van der Waals surface area contributed by atoms with E-state index < -0.39 is 0 Å². The van der Waals surface area contributed by atoms with E-state index in [1.165, 1.54) is 23.1 Å². The molecule has 0 aromatic carbocycles. The van der Waals surface area contributed by atoms with E-state index in [1.54, 1.807) is 0 Å². The highest BCUT2D eigenvalue weighted by Crippen LogP contribution is 2.56. The SMILES string of the molecule is C.C/C=C\C(C=N)=C(/CC)C1=CC(N2C=NC3(c4ccccn4)CC23)=CC(C)C1. The average molecular weight is 389 g/mol. The van der Waals surface area contributed by atoms with E-state index in [0.717, 1.165) is 30.5 Å². The maximum atomic E-state index is 7.83. The minimum atomic E-state index is -0.161. The van der Waals surface area contributed by atoms with Crippen LogP contribution in [0.3, 0.4) is 0 Å². The number of nitrogens with zero attached hydrogens (tertiary/aromatic N) is 3. The van der Waals surface area contributed by atoms with Crippen molar-refractivity contribution in [2.24, 2.45) is 10.9 Å². The Kier molecular flexibility index (Phi) is 6.02. The van der Waals surface area contributed by atoms with Gasteiger partial charge in [-0.1, -0.05) is 45.6 Å². The maximum absolute atomic E-state index is 7.83. The van der Waals surface area contributed by atoms with Crippen LogP contribution >= 0.6 is 0 Å². The largest absolute Gasteiger partial charge is 0.327 e. The third-order valence-corrected chi connectivity index (χ3v) is 5.96. The Labute approximate surface area is 175 Å². The molecule has 29 heavy (non-hydrogen) atoms. The second kappa shape index (κ2) is 8.32. The Bertz CT molecular complexity index is 919. The first-order valence-corrected chi connectivity index (χ1v) is 10.2. The minimum absolute atomic E-state index is 0. The molecule has 3 aliphatic rings. The number of hydrogen-bond donors (Lipinski definition) is 1. The summed E-state index contributed by atoms with van der Waals surface area (Å²) in [7, 11) is 0. The van der Waals surface area contributed by atoms with Gasteiger partial charge < -0.3 is 10.3 Å². The van der Waals surface area contributed by atoms with Gasteiger partial charge in [0.15, 0.2) is 0 Å². The zero-order valence-electron chi connectivity index (χ0n) is 16.9. The lowest BCUT2D eigenvalue weighted by Gasteiger charge is -2.26. The van der Waals surface area contributed by atoms with Crippen molar-refractivity contribution < 1.29 is 0 Å². The van der Waals surface area contributed by atoms with Gasteiger partial charge in [-0.25, -0.2) is 0 Å². The van der Waals surface area contributed by atoms with Crippen LogP contribution in [0.4, 0.5) is 0 Å². The fraction of sp³-hybridized carbons (Fsp3) is 0.400. The van der Waals surface area contributed by atoms with Crippen LogP contribution in [-0.2, 0) is 5.54 Å². The summed E-state index contributed by atoms with van der Waals surface area (Å²) in [6.45, 7) is 6.45. The summed E-state index contributed by atoms with van der Waals surface area (Å²) in [6.07, 6.45) is 17.0. The van der Waals surface area contributed by atoms with E-state index in [-0.39, 0.29) is 13.0 Å². The molecule has 1 aliphatic heterocycles. The molecule has 3 unspecified atom stereocenters. The third kappa shape index (κ3) is 3.64. The van der Waals surface area contributed by atoms with Crippen LogP contribution in [0.5, 0.6) is 0 Å². The average Bonchev–Trinajstić information content (AvgIpc) is 3.33. The van der Waals surface area contributed by atoms with Gasteiger partial charge in [-0.05, 0) is 60.6 Å². The molecular weight excluding hydrogens is 356 g/mol. The number of nitrogens with one attached hydrogen (secondary N) is 1. The minimum Gasteiger partial charge on any atom is -0.327 e. The Morgan fingerprint density at radius 2 is 2.21 bits per heavy atom. The van der Waals surface area contributed by atoms with E-state index in [0.29, 0.717) is 12.0 Å². The van der Waals surface area contributed by atoms with Gasteiger partial charge in [-0.3, -0.25) is 9.98 Å². The van der Waals surface area contributed by atoms with Crippen LogP contribution in [0.1, 0.15) is 53.2 Å². The van der Waals surface area contributed by atoms with Gasteiger partial charge in [0.2, 0.25) is 0 Å². The summed E-state index contributed by atoms with van der Waals surface area (Å²) in [4.78, 5) is 11.8. The summed E-state index contributed by atoms with van der Waals surface area (Å²) in [6, 6.07) is 6.45. The number of rotatable bonds is 6. The Hall–Kier alpha value is -2.75. The molecule has 0 bridgehead atoms. The molecule has 1 aromatic heterocycles. The van der Waals surface area contributed by atoms with Crippen LogP contribution in [0, 0.1) is 11.3 Å². The lowest BCUT2D eigenvalue weighted by atomic mass is 9.86. The van der Waals surface area contributed by atoms with Gasteiger partial charge in [0.25, 0.3) is 0 Å².